The van der Waals surface area contributed by atoms with Crippen molar-refractivity contribution >= 4 is 17.7 Å². The van der Waals surface area contributed by atoms with Gasteiger partial charge in [-0.05, 0) is 26.2 Å². The van der Waals surface area contributed by atoms with E-state index in [1.807, 2.05) is 11.8 Å². The number of amides is 1. The van der Waals surface area contributed by atoms with E-state index in [0.717, 1.165) is 38.8 Å². The van der Waals surface area contributed by atoms with Gasteiger partial charge in [-0.3, -0.25) is 9.36 Å². The molecule has 1 unspecified atom stereocenters. The van der Waals surface area contributed by atoms with Gasteiger partial charge in [0.05, 0.1) is 5.25 Å². The molecular weight excluding hydrogens is 276 g/mol. The van der Waals surface area contributed by atoms with Crippen LogP contribution in [0.1, 0.15) is 39.5 Å². The minimum atomic E-state index is -0.205. The number of aromatic amines is 1. The SMILES string of the molecule is CCCCn1c(SC(C)C(=O)N2CCCC2)n[nH]c1=O. The van der Waals surface area contributed by atoms with Crippen LogP contribution in [0.4, 0.5) is 0 Å². The lowest BCUT2D eigenvalue weighted by Crippen LogP contribution is -2.34. The van der Waals surface area contributed by atoms with Crippen LogP contribution in [-0.2, 0) is 11.3 Å². The van der Waals surface area contributed by atoms with Gasteiger partial charge in [0.25, 0.3) is 0 Å². The number of likely N-dealkylation sites (tertiary alicyclic amines) is 1. The monoisotopic (exact) mass is 298 g/mol. The summed E-state index contributed by atoms with van der Waals surface area (Å²) in [6, 6.07) is 0. The van der Waals surface area contributed by atoms with Crippen LogP contribution in [0.15, 0.2) is 9.95 Å². The van der Waals surface area contributed by atoms with Gasteiger partial charge in [0.15, 0.2) is 5.16 Å². The summed E-state index contributed by atoms with van der Waals surface area (Å²) in [6.07, 6.45) is 4.13. The van der Waals surface area contributed by atoms with Gasteiger partial charge in [-0.1, -0.05) is 25.1 Å². The average molecular weight is 298 g/mol. The number of H-pyrrole nitrogens is 1. The summed E-state index contributed by atoms with van der Waals surface area (Å²) in [5, 5.41) is 6.92. The standard InChI is InChI=1S/C13H22N4O2S/c1-3-4-9-17-12(19)14-15-13(17)20-10(2)11(18)16-7-5-6-8-16/h10H,3-9H2,1-2H3,(H,14,19). The molecule has 6 nitrogen and oxygen atoms in total. The lowest BCUT2D eigenvalue weighted by Gasteiger charge is -2.19. The first kappa shape index (κ1) is 15.2. The fourth-order valence-corrected chi connectivity index (χ4v) is 3.28. The zero-order chi connectivity index (χ0) is 14.5. The molecule has 0 spiro atoms. The lowest BCUT2D eigenvalue weighted by molar-refractivity contribution is -0.129. The summed E-state index contributed by atoms with van der Waals surface area (Å²) in [5.74, 6) is 0.144. The molecule has 0 aliphatic carbocycles. The molecule has 2 heterocycles. The molecule has 1 saturated heterocycles. The Morgan fingerprint density at radius 3 is 2.80 bits per heavy atom. The predicted octanol–water partition coefficient (Wildman–Crippen LogP) is 1.47. The second-order valence-electron chi connectivity index (χ2n) is 5.11. The minimum Gasteiger partial charge on any atom is -0.342 e. The molecule has 1 N–H and O–H groups in total. The van der Waals surface area contributed by atoms with Crippen molar-refractivity contribution in [1.29, 1.82) is 0 Å². The molecule has 112 valence electrons. The van der Waals surface area contributed by atoms with Gasteiger partial charge in [-0.2, -0.15) is 0 Å². The first-order valence-electron chi connectivity index (χ1n) is 7.24. The largest absolute Gasteiger partial charge is 0.343 e. The Hall–Kier alpha value is -1.24. The highest BCUT2D eigenvalue weighted by molar-refractivity contribution is 8.00. The molecule has 1 amide bonds. The smallest absolute Gasteiger partial charge is 0.342 e. The van der Waals surface area contributed by atoms with E-state index in [4.69, 9.17) is 0 Å². The molecule has 7 heteroatoms. The van der Waals surface area contributed by atoms with Crippen molar-refractivity contribution in [1.82, 2.24) is 19.7 Å². The summed E-state index contributed by atoms with van der Waals surface area (Å²) in [4.78, 5) is 25.9. The Bertz CT molecular complexity index is 505. The van der Waals surface area contributed by atoms with E-state index < -0.39 is 0 Å². The van der Waals surface area contributed by atoms with Gasteiger partial charge in [0.2, 0.25) is 5.91 Å². The Balaban J connectivity index is 2.01. The number of carbonyl (C=O) groups is 1. The van der Waals surface area contributed by atoms with Crippen LogP contribution in [0.3, 0.4) is 0 Å². The summed E-state index contributed by atoms with van der Waals surface area (Å²) in [6.45, 7) is 6.32. The third-order valence-electron chi connectivity index (χ3n) is 3.51. The van der Waals surface area contributed by atoms with Crippen molar-refractivity contribution in [3.63, 3.8) is 0 Å². The van der Waals surface area contributed by atoms with Crippen LogP contribution in [0.2, 0.25) is 0 Å². The molecule has 1 fully saturated rings. The summed E-state index contributed by atoms with van der Waals surface area (Å²) < 4.78 is 1.63. The minimum absolute atomic E-state index is 0.144. The molecule has 1 atom stereocenters. The van der Waals surface area contributed by atoms with Gasteiger partial charge in [-0.25, -0.2) is 9.89 Å². The fraction of sp³-hybridized carbons (Fsp3) is 0.769. The number of nitrogens with zero attached hydrogens (tertiary/aromatic N) is 3. The number of unbranched alkanes of at least 4 members (excludes halogenated alkanes) is 1. The van der Waals surface area contributed by atoms with Crippen molar-refractivity contribution in [3.05, 3.63) is 10.5 Å². The number of aromatic nitrogens is 3. The quantitative estimate of drug-likeness (QED) is 0.807. The van der Waals surface area contributed by atoms with Crippen LogP contribution < -0.4 is 5.69 Å². The zero-order valence-corrected chi connectivity index (χ0v) is 12.9. The van der Waals surface area contributed by atoms with Gasteiger partial charge >= 0.3 is 5.69 Å². The van der Waals surface area contributed by atoms with Crippen LogP contribution in [-0.4, -0.2) is 43.9 Å². The molecular formula is C13H22N4O2S. The molecule has 0 radical (unpaired) electrons. The van der Waals surface area contributed by atoms with Gasteiger partial charge in [0, 0.05) is 19.6 Å². The van der Waals surface area contributed by atoms with Crippen molar-refractivity contribution in [2.45, 2.75) is 56.5 Å². The van der Waals surface area contributed by atoms with E-state index in [1.54, 1.807) is 4.57 Å². The van der Waals surface area contributed by atoms with E-state index in [-0.39, 0.29) is 16.8 Å². The molecule has 0 bridgehead atoms. The number of nitrogens with one attached hydrogen (secondary N) is 1. The predicted molar refractivity (Wildman–Crippen MR) is 78.9 cm³/mol. The first-order chi connectivity index (χ1) is 9.63. The Morgan fingerprint density at radius 2 is 2.15 bits per heavy atom. The Labute approximate surface area is 122 Å². The number of carbonyl (C=O) groups excluding carboxylic acids is 1. The Kier molecular flexibility index (Phi) is 5.28. The van der Waals surface area contributed by atoms with E-state index >= 15 is 0 Å². The van der Waals surface area contributed by atoms with E-state index in [1.165, 1.54) is 11.8 Å². The highest BCUT2D eigenvalue weighted by atomic mass is 32.2. The highest BCUT2D eigenvalue weighted by Gasteiger charge is 2.25. The average Bonchev–Trinajstić information content (AvgIpc) is 3.07. The zero-order valence-electron chi connectivity index (χ0n) is 12.1. The second kappa shape index (κ2) is 6.97. The molecule has 20 heavy (non-hydrogen) atoms. The number of thioether (sulfide) groups is 1. The molecule has 1 aliphatic heterocycles. The molecule has 1 aromatic heterocycles. The normalized spacial score (nSPS) is 16.6. The first-order valence-corrected chi connectivity index (χ1v) is 8.12. The molecule has 2 rings (SSSR count). The Morgan fingerprint density at radius 1 is 1.45 bits per heavy atom. The van der Waals surface area contributed by atoms with Crippen molar-refractivity contribution < 1.29 is 4.79 Å². The number of rotatable bonds is 6. The van der Waals surface area contributed by atoms with Crippen LogP contribution in [0.25, 0.3) is 0 Å². The maximum atomic E-state index is 12.3. The van der Waals surface area contributed by atoms with Crippen LogP contribution in [0, 0.1) is 0 Å². The van der Waals surface area contributed by atoms with Crippen molar-refractivity contribution in [3.8, 4) is 0 Å². The van der Waals surface area contributed by atoms with E-state index in [0.29, 0.717) is 11.7 Å². The lowest BCUT2D eigenvalue weighted by atomic mass is 10.3. The molecule has 0 saturated carbocycles. The van der Waals surface area contributed by atoms with Gasteiger partial charge in [-0.15, -0.1) is 5.10 Å². The highest BCUT2D eigenvalue weighted by Crippen LogP contribution is 2.23. The topological polar surface area (TPSA) is 71.0 Å². The van der Waals surface area contributed by atoms with E-state index in [2.05, 4.69) is 17.1 Å². The number of hydrogen-bond donors (Lipinski definition) is 1. The third kappa shape index (κ3) is 3.45. The van der Waals surface area contributed by atoms with Crippen LogP contribution in [0.5, 0.6) is 0 Å². The summed E-state index contributed by atoms with van der Waals surface area (Å²) in [7, 11) is 0. The molecule has 0 aromatic carbocycles. The second-order valence-corrected chi connectivity index (χ2v) is 6.42. The van der Waals surface area contributed by atoms with Gasteiger partial charge in [0.1, 0.15) is 0 Å². The molecule has 1 aliphatic rings. The van der Waals surface area contributed by atoms with E-state index in [9.17, 15) is 9.59 Å². The van der Waals surface area contributed by atoms with Crippen molar-refractivity contribution in [2.24, 2.45) is 0 Å². The molecule has 1 aromatic rings. The fourth-order valence-electron chi connectivity index (χ4n) is 2.31. The maximum absolute atomic E-state index is 12.3. The van der Waals surface area contributed by atoms with Crippen molar-refractivity contribution in [2.75, 3.05) is 13.1 Å². The third-order valence-corrected chi connectivity index (χ3v) is 4.58. The van der Waals surface area contributed by atoms with Gasteiger partial charge < -0.3 is 4.90 Å². The summed E-state index contributed by atoms with van der Waals surface area (Å²) in [5.41, 5.74) is -0.193. The van der Waals surface area contributed by atoms with Crippen LogP contribution >= 0.6 is 11.8 Å². The maximum Gasteiger partial charge on any atom is 0.343 e. The number of hydrogen-bond acceptors (Lipinski definition) is 4. The summed E-state index contributed by atoms with van der Waals surface area (Å²) >= 11 is 1.37.